The van der Waals surface area contributed by atoms with Gasteiger partial charge in [-0.05, 0) is 118 Å². The van der Waals surface area contributed by atoms with Crippen LogP contribution >= 0.6 is 0 Å². The smallest absolute Gasteiger partial charge is 0.00199 e. The first-order chi connectivity index (χ1) is 21.5. The zero-order chi connectivity index (χ0) is 29.9. The summed E-state index contributed by atoms with van der Waals surface area (Å²) in [6.45, 7) is 9.41. The summed E-state index contributed by atoms with van der Waals surface area (Å²) in [7, 11) is 0. The summed E-state index contributed by atoms with van der Waals surface area (Å²) < 4.78 is 0. The average Bonchev–Trinajstić information content (AvgIpc) is 3.38. The predicted octanol–water partition coefficient (Wildman–Crippen LogP) is 12.9. The predicted molar refractivity (Wildman–Crippen MR) is 190 cm³/mol. The van der Waals surface area contributed by atoms with Crippen LogP contribution in [0.1, 0.15) is 50.7 Å². The minimum atomic E-state index is 0.412. The van der Waals surface area contributed by atoms with Crippen molar-refractivity contribution < 1.29 is 0 Å². The van der Waals surface area contributed by atoms with Crippen LogP contribution in [0.15, 0.2) is 133 Å². The maximum absolute atomic E-state index is 2.41. The second kappa shape index (κ2) is 10.4. The first-order valence-electron chi connectivity index (χ1n) is 15.9. The first kappa shape index (κ1) is 26.7. The van der Waals surface area contributed by atoms with Crippen molar-refractivity contribution in [3.05, 3.63) is 145 Å². The van der Waals surface area contributed by atoms with Gasteiger partial charge in [0.05, 0.1) is 0 Å². The Morgan fingerprint density at radius 2 is 0.773 bits per heavy atom. The zero-order valence-corrected chi connectivity index (χ0v) is 25.9. The summed E-state index contributed by atoms with van der Waals surface area (Å²) in [6.07, 6.45) is 0. The van der Waals surface area contributed by atoms with E-state index in [-0.39, 0.29) is 0 Å². The molecule has 7 aromatic rings. The lowest BCUT2D eigenvalue weighted by Crippen LogP contribution is -2.01. The highest BCUT2D eigenvalue weighted by molar-refractivity contribution is 6.22. The summed E-state index contributed by atoms with van der Waals surface area (Å²) in [5.41, 5.74) is 16.1. The van der Waals surface area contributed by atoms with Crippen molar-refractivity contribution in [3.63, 3.8) is 0 Å². The summed E-state index contributed by atoms with van der Waals surface area (Å²) in [6, 6.07) is 49.5. The van der Waals surface area contributed by atoms with Gasteiger partial charge in [0, 0.05) is 0 Å². The average molecular weight is 565 g/mol. The Labute approximate surface area is 260 Å². The van der Waals surface area contributed by atoms with E-state index in [0.29, 0.717) is 11.8 Å². The van der Waals surface area contributed by atoms with E-state index >= 15 is 0 Å². The molecule has 0 aromatic heterocycles. The molecule has 0 nitrogen and oxygen atoms in total. The Balaban J connectivity index is 1.44. The lowest BCUT2D eigenvalue weighted by Gasteiger charge is -2.23. The third-order valence-electron chi connectivity index (χ3n) is 9.49. The molecule has 0 bridgehead atoms. The van der Waals surface area contributed by atoms with Crippen LogP contribution in [0.25, 0.3) is 77.2 Å². The summed E-state index contributed by atoms with van der Waals surface area (Å²) in [4.78, 5) is 0. The van der Waals surface area contributed by atoms with Gasteiger partial charge in [-0.25, -0.2) is 0 Å². The van der Waals surface area contributed by atoms with Gasteiger partial charge in [-0.15, -0.1) is 0 Å². The molecular weight excluding hydrogens is 528 g/mol. The van der Waals surface area contributed by atoms with Crippen LogP contribution in [0.4, 0.5) is 0 Å². The van der Waals surface area contributed by atoms with E-state index in [1.54, 1.807) is 0 Å². The van der Waals surface area contributed by atoms with Crippen LogP contribution in [0, 0.1) is 0 Å². The highest BCUT2D eigenvalue weighted by Crippen LogP contribution is 2.56. The molecule has 0 N–H and O–H groups in total. The zero-order valence-electron chi connectivity index (χ0n) is 25.9. The van der Waals surface area contributed by atoms with Crippen molar-refractivity contribution in [1.29, 1.82) is 0 Å². The van der Waals surface area contributed by atoms with Crippen molar-refractivity contribution in [1.82, 2.24) is 0 Å². The minimum Gasteiger partial charge on any atom is -0.0622 e. The Hall–Kier alpha value is -4.94. The largest absolute Gasteiger partial charge is 0.0622 e. The second-order valence-electron chi connectivity index (χ2n) is 12.9. The van der Waals surface area contributed by atoms with Crippen molar-refractivity contribution in [3.8, 4) is 55.6 Å². The molecule has 0 heteroatoms. The molecule has 0 heterocycles. The molecule has 7 aromatic carbocycles. The fraction of sp³-hybridized carbons (Fsp3) is 0.136. The minimum absolute atomic E-state index is 0.412. The molecule has 1 aliphatic rings. The van der Waals surface area contributed by atoms with Crippen LogP contribution in [-0.4, -0.2) is 0 Å². The Morgan fingerprint density at radius 1 is 0.341 bits per heavy atom. The summed E-state index contributed by atoms with van der Waals surface area (Å²) in [5, 5.41) is 5.52. The molecule has 0 radical (unpaired) electrons. The molecule has 0 atom stereocenters. The van der Waals surface area contributed by atoms with E-state index in [1.807, 2.05) is 0 Å². The lowest BCUT2D eigenvalue weighted by atomic mass is 9.80. The van der Waals surface area contributed by atoms with Gasteiger partial charge in [-0.3, -0.25) is 0 Å². The summed E-state index contributed by atoms with van der Waals surface area (Å²) in [5.74, 6) is 0.824. The monoisotopic (exact) mass is 564 g/mol. The highest BCUT2D eigenvalue weighted by atomic mass is 14.3. The Morgan fingerprint density at radius 3 is 1.30 bits per heavy atom. The normalized spacial score (nSPS) is 12.0. The maximum atomic E-state index is 2.41. The van der Waals surface area contributed by atoms with E-state index < -0.39 is 0 Å². The van der Waals surface area contributed by atoms with Gasteiger partial charge >= 0.3 is 0 Å². The second-order valence-corrected chi connectivity index (χ2v) is 12.9. The van der Waals surface area contributed by atoms with Crippen molar-refractivity contribution >= 4 is 21.5 Å². The molecule has 1 aliphatic carbocycles. The Kier molecular flexibility index (Phi) is 6.27. The standard InChI is InChI=1S/C44H36/c1-27(2)40-36-18-11-12-19-37(36)41(28(3)4)44-39-23-22-34(35-20-13-21-38(42(35)39)43(40)44)33-25-31(29-14-7-5-8-15-29)24-32(26-33)30-16-9-6-10-17-30/h5-28H,1-4H3. The fourth-order valence-corrected chi connectivity index (χ4v) is 7.70. The van der Waals surface area contributed by atoms with E-state index in [9.17, 15) is 0 Å². The lowest BCUT2D eigenvalue weighted by molar-refractivity contribution is 0.864. The molecular formula is C44H36. The topological polar surface area (TPSA) is 0 Å². The third kappa shape index (κ3) is 4.05. The van der Waals surface area contributed by atoms with E-state index in [1.165, 1.54) is 88.3 Å². The van der Waals surface area contributed by atoms with Gasteiger partial charge in [-0.1, -0.05) is 143 Å². The molecule has 8 rings (SSSR count). The molecule has 0 amide bonds. The molecule has 0 fully saturated rings. The van der Waals surface area contributed by atoms with Gasteiger partial charge in [0.15, 0.2) is 0 Å². The molecule has 0 spiro atoms. The van der Waals surface area contributed by atoms with Gasteiger partial charge in [0.25, 0.3) is 0 Å². The van der Waals surface area contributed by atoms with E-state index in [4.69, 9.17) is 0 Å². The van der Waals surface area contributed by atoms with Gasteiger partial charge < -0.3 is 0 Å². The number of hydrogen-bond donors (Lipinski definition) is 0. The molecule has 44 heavy (non-hydrogen) atoms. The SMILES string of the molecule is CC(C)c1c2c(c(C(C)C)c3ccccc13)-c1ccc(-c3cc(-c4ccccc4)cc(-c4ccccc4)c3)c3cccc-2c13. The molecule has 0 aliphatic heterocycles. The number of fused-ring (bicyclic) bond motifs is 4. The van der Waals surface area contributed by atoms with Gasteiger partial charge in [0.2, 0.25) is 0 Å². The third-order valence-corrected chi connectivity index (χ3v) is 9.49. The molecule has 0 saturated heterocycles. The molecule has 212 valence electrons. The number of hydrogen-bond acceptors (Lipinski definition) is 0. The highest BCUT2D eigenvalue weighted by Gasteiger charge is 2.31. The van der Waals surface area contributed by atoms with Crippen LogP contribution in [0.5, 0.6) is 0 Å². The van der Waals surface area contributed by atoms with Crippen LogP contribution < -0.4 is 0 Å². The number of benzene rings is 7. The van der Waals surface area contributed by atoms with Crippen LogP contribution in [-0.2, 0) is 0 Å². The van der Waals surface area contributed by atoms with Gasteiger partial charge in [-0.2, -0.15) is 0 Å². The van der Waals surface area contributed by atoms with Crippen molar-refractivity contribution in [2.24, 2.45) is 0 Å². The van der Waals surface area contributed by atoms with E-state index in [0.717, 1.165) is 0 Å². The Bertz CT molecular complexity index is 2080. The fourth-order valence-electron chi connectivity index (χ4n) is 7.70. The van der Waals surface area contributed by atoms with Crippen LogP contribution in [0.3, 0.4) is 0 Å². The van der Waals surface area contributed by atoms with Crippen LogP contribution in [0.2, 0.25) is 0 Å². The van der Waals surface area contributed by atoms with E-state index in [2.05, 4.69) is 161 Å². The first-order valence-corrected chi connectivity index (χ1v) is 15.9. The van der Waals surface area contributed by atoms with Gasteiger partial charge in [0.1, 0.15) is 0 Å². The molecule has 0 unspecified atom stereocenters. The molecule has 0 saturated carbocycles. The quantitative estimate of drug-likeness (QED) is 0.195. The summed E-state index contributed by atoms with van der Waals surface area (Å²) >= 11 is 0. The maximum Gasteiger partial charge on any atom is -0.00199 e. The van der Waals surface area contributed by atoms with Crippen molar-refractivity contribution in [2.75, 3.05) is 0 Å². The number of rotatable bonds is 5. The van der Waals surface area contributed by atoms with Crippen molar-refractivity contribution in [2.45, 2.75) is 39.5 Å².